The highest BCUT2D eigenvalue weighted by molar-refractivity contribution is 5.91. The van der Waals surface area contributed by atoms with Gasteiger partial charge in [-0.15, -0.1) is 0 Å². The number of hydrogen-bond acceptors (Lipinski definition) is 3. The van der Waals surface area contributed by atoms with E-state index in [1.54, 1.807) is 21.9 Å². The van der Waals surface area contributed by atoms with Crippen molar-refractivity contribution < 1.29 is 14.0 Å². The molecule has 0 unspecified atom stereocenters. The van der Waals surface area contributed by atoms with Gasteiger partial charge < -0.3 is 19.5 Å². The summed E-state index contributed by atoms with van der Waals surface area (Å²) in [5, 5.41) is 3.25. The number of rotatable bonds is 3. The second-order valence-corrected chi connectivity index (χ2v) is 6.99. The number of nitrogens with one attached hydrogen (secondary N) is 1. The molecule has 2 fully saturated rings. The SMILES string of the molecule is O=C(NC1(c2ccccc2)CCC1)N1CCN(C(=O)c2ccco2)CC1. The van der Waals surface area contributed by atoms with E-state index in [4.69, 9.17) is 4.42 Å². The minimum Gasteiger partial charge on any atom is -0.459 e. The fourth-order valence-electron chi connectivity index (χ4n) is 3.73. The maximum absolute atomic E-state index is 12.8. The lowest BCUT2D eigenvalue weighted by atomic mass is 9.72. The van der Waals surface area contributed by atoms with Gasteiger partial charge in [0.1, 0.15) is 0 Å². The molecule has 6 heteroatoms. The Morgan fingerprint density at radius 2 is 1.62 bits per heavy atom. The number of benzene rings is 1. The molecule has 1 saturated carbocycles. The zero-order chi connectivity index (χ0) is 18.0. The van der Waals surface area contributed by atoms with Crippen molar-refractivity contribution in [1.29, 1.82) is 0 Å². The van der Waals surface area contributed by atoms with Gasteiger partial charge in [0, 0.05) is 26.2 Å². The van der Waals surface area contributed by atoms with E-state index in [0.717, 1.165) is 19.3 Å². The Morgan fingerprint density at radius 1 is 0.923 bits per heavy atom. The smallest absolute Gasteiger partial charge is 0.318 e. The van der Waals surface area contributed by atoms with Gasteiger partial charge in [-0.05, 0) is 37.0 Å². The first-order valence-corrected chi connectivity index (χ1v) is 9.13. The summed E-state index contributed by atoms with van der Waals surface area (Å²) in [5.41, 5.74) is 0.936. The van der Waals surface area contributed by atoms with Crippen LogP contribution in [0.4, 0.5) is 4.79 Å². The maximum atomic E-state index is 12.8. The Morgan fingerprint density at radius 3 is 2.19 bits per heavy atom. The molecule has 26 heavy (non-hydrogen) atoms. The molecule has 1 aromatic heterocycles. The molecule has 1 aliphatic heterocycles. The molecule has 6 nitrogen and oxygen atoms in total. The van der Waals surface area contributed by atoms with Crippen LogP contribution in [0.2, 0.25) is 0 Å². The summed E-state index contributed by atoms with van der Waals surface area (Å²) in [6.45, 7) is 2.10. The molecular weight excluding hydrogens is 330 g/mol. The van der Waals surface area contributed by atoms with Crippen LogP contribution in [0.15, 0.2) is 53.1 Å². The third-order valence-electron chi connectivity index (χ3n) is 5.47. The molecule has 1 aliphatic carbocycles. The lowest BCUT2D eigenvalue weighted by Gasteiger charge is -2.45. The van der Waals surface area contributed by atoms with E-state index in [9.17, 15) is 9.59 Å². The number of hydrogen-bond donors (Lipinski definition) is 1. The first kappa shape index (κ1) is 16.7. The van der Waals surface area contributed by atoms with Crippen molar-refractivity contribution in [2.45, 2.75) is 24.8 Å². The van der Waals surface area contributed by atoms with Crippen molar-refractivity contribution in [2.75, 3.05) is 26.2 Å². The third kappa shape index (κ3) is 3.07. The molecule has 1 saturated heterocycles. The van der Waals surface area contributed by atoms with Gasteiger partial charge in [0.15, 0.2) is 5.76 Å². The summed E-state index contributed by atoms with van der Waals surface area (Å²) >= 11 is 0. The zero-order valence-corrected chi connectivity index (χ0v) is 14.7. The molecule has 1 N–H and O–H groups in total. The van der Waals surface area contributed by atoms with Crippen LogP contribution >= 0.6 is 0 Å². The van der Waals surface area contributed by atoms with Crippen LogP contribution in [-0.2, 0) is 5.54 Å². The van der Waals surface area contributed by atoms with Gasteiger partial charge in [-0.25, -0.2) is 4.79 Å². The highest BCUT2D eigenvalue weighted by atomic mass is 16.3. The van der Waals surface area contributed by atoms with Gasteiger partial charge in [-0.1, -0.05) is 30.3 Å². The zero-order valence-electron chi connectivity index (χ0n) is 14.7. The molecule has 136 valence electrons. The molecular formula is C20H23N3O3. The number of carbonyl (C=O) groups excluding carboxylic acids is 2. The lowest BCUT2D eigenvalue weighted by Crippen LogP contribution is -2.58. The summed E-state index contributed by atoms with van der Waals surface area (Å²) in [4.78, 5) is 28.6. The van der Waals surface area contributed by atoms with Gasteiger partial charge in [-0.2, -0.15) is 0 Å². The van der Waals surface area contributed by atoms with Crippen LogP contribution in [0.1, 0.15) is 35.4 Å². The molecule has 1 aromatic carbocycles. The van der Waals surface area contributed by atoms with E-state index < -0.39 is 0 Å². The van der Waals surface area contributed by atoms with Crippen molar-refractivity contribution in [2.24, 2.45) is 0 Å². The van der Waals surface area contributed by atoms with Crippen LogP contribution in [-0.4, -0.2) is 47.9 Å². The second-order valence-electron chi connectivity index (χ2n) is 6.99. The molecule has 2 heterocycles. The van der Waals surface area contributed by atoms with E-state index in [2.05, 4.69) is 17.4 Å². The van der Waals surface area contributed by atoms with E-state index in [1.807, 2.05) is 18.2 Å². The number of furan rings is 1. The standard InChI is InChI=1S/C20H23N3O3/c24-18(17-8-4-15-26-17)22-11-13-23(14-12-22)19(25)21-20(9-5-10-20)16-6-2-1-3-7-16/h1-4,6-8,15H,5,9-14H2,(H,21,25). The van der Waals surface area contributed by atoms with E-state index in [-0.39, 0.29) is 17.5 Å². The Bertz CT molecular complexity index is 761. The first-order chi connectivity index (χ1) is 12.7. The highest BCUT2D eigenvalue weighted by Gasteiger charge is 2.41. The highest BCUT2D eigenvalue weighted by Crippen LogP contribution is 2.41. The second kappa shape index (κ2) is 6.86. The molecule has 0 spiro atoms. The fourth-order valence-corrected chi connectivity index (χ4v) is 3.73. The van der Waals surface area contributed by atoms with E-state index in [1.165, 1.54) is 11.8 Å². The maximum Gasteiger partial charge on any atom is 0.318 e. The van der Waals surface area contributed by atoms with Crippen LogP contribution in [0.25, 0.3) is 0 Å². The average Bonchev–Trinajstić information content (AvgIpc) is 3.19. The van der Waals surface area contributed by atoms with Gasteiger partial charge in [0.2, 0.25) is 0 Å². The number of piperazine rings is 1. The van der Waals surface area contributed by atoms with Crippen LogP contribution in [0.3, 0.4) is 0 Å². The summed E-state index contributed by atoms with van der Waals surface area (Å²) in [6.07, 6.45) is 4.57. The molecule has 0 atom stereocenters. The quantitative estimate of drug-likeness (QED) is 0.923. The molecule has 0 bridgehead atoms. The van der Waals surface area contributed by atoms with Crippen LogP contribution < -0.4 is 5.32 Å². The number of carbonyl (C=O) groups is 2. The number of nitrogens with zero attached hydrogens (tertiary/aromatic N) is 2. The summed E-state index contributed by atoms with van der Waals surface area (Å²) in [5.74, 6) is 0.232. The Balaban J connectivity index is 1.36. The Kier molecular flexibility index (Phi) is 4.41. The number of urea groups is 1. The molecule has 3 amide bonds. The predicted octanol–water partition coefficient (Wildman–Crippen LogP) is 2.83. The van der Waals surface area contributed by atoms with Gasteiger partial charge >= 0.3 is 6.03 Å². The molecule has 2 aromatic rings. The number of amides is 3. The average molecular weight is 353 g/mol. The lowest BCUT2D eigenvalue weighted by molar-refractivity contribution is 0.0621. The minimum atomic E-state index is -0.237. The van der Waals surface area contributed by atoms with Crippen molar-refractivity contribution >= 4 is 11.9 Å². The van der Waals surface area contributed by atoms with Crippen molar-refractivity contribution in [3.05, 3.63) is 60.1 Å². The molecule has 0 radical (unpaired) electrons. The normalized spacial score (nSPS) is 18.9. The fraction of sp³-hybridized carbons (Fsp3) is 0.400. The minimum absolute atomic E-state index is 0.0429. The molecule has 4 rings (SSSR count). The Labute approximate surface area is 152 Å². The largest absolute Gasteiger partial charge is 0.459 e. The summed E-state index contributed by atoms with van der Waals surface area (Å²) < 4.78 is 5.18. The summed E-state index contributed by atoms with van der Waals surface area (Å²) in [6, 6.07) is 13.5. The van der Waals surface area contributed by atoms with E-state index in [0.29, 0.717) is 31.9 Å². The summed E-state index contributed by atoms with van der Waals surface area (Å²) in [7, 11) is 0. The van der Waals surface area contributed by atoms with Gasteiger partial charge in [-0.3, -0.25) is 4.79 Å². The van der Waals surface area contributed by atoms with Crippen LogP contribution in [0, 0.1) is 0 Å². The van der Waals surface area contributed by atoms with Crippen molar-refractivity contribution in [3.63, 3.8) is 0 Å². The first-order valence-electron chi connectivity index (χ1n) is 9.13. The van der Waals surface area contributed by atoms with Gasteiger partial charge in [0.05, 0.1) is 11.8 Å². The topological polar surface area (TPSA) is 65.8 Å². The van der Waals surface area contributed by atoms with E-state index >= 15 is 0 Å². The Hall–Kier alpha value is -2.76. The molecule has 2 aliphatic rings. The van der Waals surface area contributed by atoms with Crippen molar-refractivity contribution in [3.8, 4) is 0 Å². The van der Waals surface area contributed by atoms with Crippen LogP contribution in [0.5, 0.6) is 0 Å². The van der Waals surface area contributed by atoms with Crippen molar-refractivity contribution in [1.82, 2.24) is 15.1 Å². The monoisotopic (exact) mass is 353 g/mol. The third-order valence-corrected chi connectivity index (χ3v) is 5.47. The predicted molar refractivity (Wildman–Crippen MR) is 96.7 cm³/mol. The van der Waals surface area contributed by atoms with Gasteiger partial charge in [0.25, 0.3) is 5.91 Å².